The zero-order chi connectivity index (χ0) is 15.4. The Morgan fingerprint density at radius 3 is 2.10 bits per heavy atom. The van der Waals surface area contributed by atoms with Crippen LogP contribution in [0.5, 0.6) is 0 Å². The molecule has 0 aliphatic heterocycles. The topological polar surface area (TPSA) is 53.3 Å². The molecule has 0 amide bonds. The van der Waals surface area contributed by atoms with Gasteiger partial charge in [0.05, 0.1) is 0 Å². The predicted octanol–water partition coefficient (Wildman–Crippen LogP) is 4.22. The number of hydrogen-bond acceptors (Lipinski definition) is 3. The molecule has 1 rings (SSSR count). The second-order valence-corrected chi connectivity index (χ2v) is 6.40. The Morgan fingerprint density at radius 1 is 1.20 bits per heavy atom. The number of nitrogens with one attached hydrogen (secondary N) is 1. The standard InChI is InChI=1S/C17H28N2O/c1-10(2)17(13(6)20)12(5)16(19-11(3)4)9-15(18)14-7-8-14/h10-11,14,18H,7-9H2,1-6H3/b17-12+,18-15?,19-16?. The fourth-order valence-corrected chi connectivity index (χ4v) is 2.60. The highest BCUT2D eigenvalue weighted by molar-refractivity contribution is 6.15. The summed E-state index contributed by atoms with van der Waals surface area (Å²) in [6.07, 6.45) is 2.87. The summed E-state index contributed by atoms with van der Waals surface area (Å²) in [4.78, 5) is 16.6. The summed E-state index contributed by atoms with van der Waals surface area (Å²) in [6.45, 7) is 11.8. The molecule has 3 nitrogen and oxygen atoms in total. The lowest BCUT2D eigenvalue weighted by Crippen LogP contribution is -2.17. The minimum Gasteiger partial charge on any atom is -0.309 e. The largest absolute Gasteiger partial charge is 0.309 e. The number of hydrogen-bond donors (Lipinski definition) is 1. The molecule has 0 spiro atoms. The molecule has 0 atom stereocenters. The summed E-state index contributed by atoms with van der Waals surface area (Å²) in [7, 11) is 0. The van der Waals surface area contributed by atoms with Gasteiger partial charge in [0.15, 0.2) is 5.78 Å². The maximum Gasteiger partial charge on any atom is 0.156 e. The monoisotopic (exact) mass is 276 g/mol. The van der Waals surface area contributed by atoms with Crippen LogP contribution in [0.25, 0.3) is 0 Å². The van der Waals surface area contributed by atoms with E-state index in [9.17, 15) is 4.79 Å². The number of aliphatic imine (C=N–C) groups is 1. The van der Waals surface area contributed by atoms with E-state index in [-0.39, 0.29) is 17.7 Å². The summed E-state index contributed by atoms with van der Waals surface area (Å²) in [5.74, 6) is 0.770. The lowest BCUT2D eigenvalue weighted by atomic mass is 9.90. The Kier molecular flexibility index (Phi) is 5.85. The molecule has 0 aromatic carbocycles. The van der Waals surface area contributed by atoms with Crippen LogP contribution in [-0.4, -0.2) is 23.2 Å². The van der Waals surface area contributed by atoms with Gasteiger partial charge in [-0.2, -0.15) is 0 Å². The highest BCUT2D eigenvalue weighted by Crippen LogP contribution is 2.32. The zero-order valence-electron chi connectivity index (χ0n) is 13.7. The summed E-state index contributed by atoms with van der Waals surface area (Å²) < 4.78 is 0. The van der Waals surface area contributed by atoms with Crippen LogP contribution in [0.2, 0.25) is 0 Å². The minimum absolute atomic E-state index is 0.118. The van der Waals surface area contributed by atoms with Crippen LogP contribution in [0, 0.1) is 17.2 Å². The average molecular weight is 276 g/mol. The SMILES string of the molecule is CC(=O)/C(=C(\C)C(CC(=N)C1CC1)=NC(C)C)C(C)C. The number of nitrogens with zero attached hydrogens (tertiary/aromatic N) is 1. The molecule has 3 heteroatoms. The molecule has 0 heterocycles. The molecule has 1 N–H and O–H groups in total. The van der Waals surface area contributed by atoms with E-state index in [0.29, 0.717) is 12.3 Å². The van der Waals surface area contributed by atoms with E-state index in [4.69, 9.17) is 5.41 Å². The van der Waals surface area contributed by atoms with Crippen molar-refractivity contribution in [2.45, 2.75) is 66.8 Å². The lowest BCUT2D eigenvalue weighted by molar-refractivity contribution is -0.114. The first-order chi connectivity index (χ1) is 9.23. The van der Waals surface area contributed by atoms with Gasteiger partial charge < -0.3 is 5.41 Å². The molecule has 1 saturated carbocycles. The van der Waals surface area contributed by atoms with E-state index in [0.717, 1.165) is 35.4 Å². The fraction of sp³-hybridized carbons (Fsp3) is 0.706. The number of Topliss-reactive ketones (excluding diaryl/α,β-unsaturated/α-hetero) is 1. The highest BCUT2D eigenvalue weighted by atomic mass is 16.1. The molecule has 0 aromatic heterocycles. The first kappa shape index (κ1) is 16.8. The predicted molar refractivity (Wildman–Crippen MR) is 85.9 cm³/mol. The van der Waals surface area contributed by atoms with Crippen molar-refractivity contribution in [3.05, 3.63) is 11.1 Å². The van der Waals surface area contributed by atoms with E-state index in [1.54, 1.807) is 6.92 Å². The van der Waals surface area contributed by atoms with Crippen LogP contribution in [-0.2, 0) is 4.79 Å². The summed E-state index contributed by atoms with van der Waals surface area (Å²) in [5.41, 5.74) is 3.53. The van der Waals surface area contributed by atoms with Crippen molar-refractivity contribution >= 4 is 17.2 Å². The third kappa shape index (κ3) is 4.69. The Bertz CT molecular complexity index is 452. The van der Waals surface area contributed by atoms with E-state index in [1.807, 2.05) is 34.6 Å². The van der Waals surface area contributed by atoms with Crippen LogP contribution >= 0.6 is 0 Å². The van der Waals surface area contributed by atoms with Crippen molar-refractivity contribution in [3.63, 3.8) is 0 Å². The molecule has 1 aliphatic rings. The van der Waals surface area contributed by atoms with Crippen LogP contribution in [0.3, 0.4) is 0 Å². The molecule has 20 heavy (non-hydrogen) atoms. The van der Waals surface area contributed by atoms with Crippen molar-refractivity contribution in [1.82, 2.24) is 0 Å². The van der Waals surface area contributed by atoms with Gasteiger partial charge >= 0.3 is 0 Å². The molecule has 1 aliphatic carbocycles. The molecule has 1 fully saturated rings. The normalized spacial score (nSPS) is 17.5. The zero-order valence-corrected chi connectivity index (χ0v) is 13.7. The van der Waals surface area contributed by atoms with Gasteiger partial charge in [0.1, 0.15) is 0 Å². The van der Waals surface area contributed by atoms with Crippen LogP contribution < -0.4 is 0 Å². The maximum atomic E-state index is 11.9. The average Bonchev–Trinajstić information content (AvgIpc) is 3.09. The summed E-state index contributed by atoms with van der Waals surface area (Å²) in [6, 6.07) is 0.187. The third-order valence-electron chi connectivity index (χ3n) is 3.64. The van der Waals surface area contributed by atoms with E-state index < -0.39 is 0 Å². The molecule has 0 bridgehead atoms. The number of carbonyl (C=O) groups is 1. The maximum absolute atomic E-state index is 11.9. The molecular weight excluding hydrogens is 248 g/mol. The number of ketones is 1. The van der Waals surface area contributed by atoms with Gasteiger partial charge in [-0.05, 0) is 57.9 Å². The second kappa shape index (κ2) is 6.96. The molecular formula is C17H28N2O. The van der Waals surface area contributed by atoms with Crippen molar-refractivity contribution < 1.29 is 4.79 Å². The summed E-state index contributed by atoms with van der Waals surface area (Å²) >= 11 is 0. The van der Waals surface area contributed by atoms with Gasteiger partial charge in [0, 0.05) is 29.5 Å². The van der Waals surface area contributed by atoms with Gasteiger partial charge in [-0.25, -0.2) is 0 Å². The fourth-order valence-electron chi connectivity index (χ4n) is 2.60. The minimum atomic E-state index is 0.118. The molecule has 112 valence electrons. The Balaban J connectivity index is 3.11. The molecule has 0 saturated heterocycles. The lowest BCUT2D eigenvalue weighted by Gasteiger charge is -2.16. The van der Waals surface area contributed by atoms with Gasteiger partial charge in [0.2, 0.25) is 0 Å². The van der Waals surface area contributed by atoms with Crippen LogP contribution in [0.1, 0.15) is 60.8 Å². The first-order valence-corrected chi connectivity index (χ1v) is 7.60. The number of carbonyl (C=O) groups excluding carboxylic acids is 1. The smallest absolute Gasteiger partial charge is 0.156 e. The Morgan fingerprint density at radius 2 is 1.75 bits per heavy atom. The van der Waals surface area contributed by atoms with Gasteiger partial charge in [-0.1, -0.05) is 13.8 Å². The van der Waals surface area contributed by atoms with Crippen molar-refractivity contribution in [2.24, 2.45) is 16.8 Å². The highest BCUT2D eigenvalue weighted by Gasteiger charge is 2.28. The molecule has 0 unspecified atom stereocenters. The van der Waals surface area contributed by atoms with E-state index in [1.165, 1.54) is 0 Å². The number of allylic oxidation sites excluding steroid dienone is 2. The van der Waals surface area contributed by atoms with E-state index >= 15 is 0 Å². The Labute approximate surface area is 123 Å². The van der Waals surface area contributed by atoms with Crippen molar-refractivity contribution in [1.29, 1.82) is 5.41 Å². The first-order valence-electron chi connectivity index (χ1n) is 7.60. The Hall–Kier alpha value is -1.25. The van der Waals surface area contributed by atoms with Crippen molar-refractivity contribution in [3.8, 4) is 0 Å². The van der Waals surface area contributed by atoms with Gasteiger partial charge in [0.25, 0.3) is 0 Å². The van der Waals surface area contributed by atoms with Crippen LogP contribution in [0.15, 0.2) is 16.1 Å². The van der Waals surface area contributed by atoms with Crippen LogP contribution in [0.4, 0.5) is 0 Å². The number of rotatable bonds is 7. The molecule has 0 aromatic rings. The summed E-state index contributed by atoms with van der Waals surface area (Å²) in [5, 5.41) is 8.14. The van der Waals surface area contributed by atoms with E-state index in [2.05, 4.69) is 4.99 Å². The quantitative estimate of drug-likeness (QED) is 0.549. The van der Waals surface area contributed by atoms with Gasteiger partial charge in [-0.15, -0.1) is 0 Å². The van der Waals surface area contributed by atoms with Gasteiger partial charge in [-0.3, -0.25) is 9.79 Å². The van der Waals surface area contributed by atoms with Crippen molar-refractivity contribution in [2.75, 3.05) is 0 Å². The second-order valence-electron chi connectivity index (χ2n) is 6.40. The third-order valence-corrected chi connectivity index (χ3v) is 3.64. The molecule has 0 radical (unpaired) electrons.